The molecule has 0 saturated carbocycles. The first-order valence-electron chi connectivity index (χ1n) is 8.82. The van der Waals surface area contributed by atoms with Gasteiger partial charge in [0, 0.05) is 12.1 Å². The van der Waals surface area contributed by atoms with E-state index in [4.69, 9.17) is 18.9 Å². The van der Waals surface area contributed by atoms with Crippen LogP contribution in [-0.2, 0) is 11.3 Å². The van der Waals surface area contributed by atoms with E-state index in [-0.39, 0.29) is 19.1 Å². The maximum Gasteiger partial charge on any atom is 0.258 e. The predicted molar refractivity (Wildman–Crippen MR) is 107 cm³/mol. The summed E-state index contributed by atoms with van der Waals surface area (Å²) in [6.07, 6.45) is 0. The highest BCUT2D eigenvalue weighted by atomic mass is 16.5. The number of amides is 1. The van der Waals surface area contributed by atoms with Gasteiger partial charge < -0.3 is 24.3 Å². The van der Waals surface area contributed by atoms with Gasteiger partial charge in [-0.15, -0.1) is 0 Å². The highest BCUT2D eigenvalue weighted by molar-refractivity contribution is 5.84. The normalized spacial score (nSPS) is 10.4. The van der Waals surface area contributed by atoms with E-state index in [1.54, 1.807) is 27.4 Å². The van der Waals surface area contributed by atoms with Crippen LogP contribution >= 0.6 is 0 Å². The Balaban J connectivity index is 1.61. The number of fused-ring (bicyclic) bond motifs is 1. The highest BCUT2D eigenvalue weighted by Gasteiger charge is 2.16. The highest BCUT2D eigenvalue weighted by Crippen LogP contribution is 2.39. The molecule has 28 heavy (non-hydrogen) atoms. The molecule has 0 bridgehead atoms. The number of hydrogen-bond donors (Lipinski definition) is 1. The van der Waals surface area contributed by atoms with E-state index in [9.17, 15) is 4.79 Å². The Bertz CT molecular complexity index is 970. The molecule has 0 aliphatic carbocycles. The Morgan fingerprint density at radius 3 is 2.32 bits per heavy atom. The van der Waals surface area contributed by atoms with Crippen molar-refractivity contribution in [2.24, 2.45) is 0 Å². The Morgan fingerprint density at radius 2 is 1.61 bits per heavy atom. The second-order valence-electron chi connectivity index (χ2n) is 6.07. The molecule has 0 saturated heterocycles. The molecule has 0 atom stereocenters. The molecule has 0 spiro atoms. The van der Waals surface area contributed by atoms with Gasteiger partial charge in [0.05, 0.1) is 21.3 Å². The molecule has 0 aliphatic rings. The van der Waals surface area contributed by atoms with Gasteiger partial charge >= 0.3 is 0 Å². The van der Waals surface area contributed by atoms with Crippen molar-refractivity contribution in [3.8, 4) is 23.0 Å². The molecule has 146 valence electrons. The predicted octanol–water partition coefficient (Wildman–Crippen LogP) is 3.56. The zero-order valence-electron chi connectivity index (χ0n) is 16.2. The minimum atomic E-state index is -0.231. The van der Waals surface area contributed by atoms with Crippen LogP contribution in [0.2, 0.25) is 0 Å². The lowest BCUT2D eigenvalue weighted by Gasteiger charge is -2.16. The van der Waals surface area contributed by atoms with Crippen molar-refractivity contribution in [1.29, 1.82) is 0 Å². The number of rotatable bonds is 8. The van der Waals surface area contributed by atoms with Crippen LogP contribution in [0.3, 0.4) is 0 Å². The van der Waals surface area contributed by atoms with Crippen molar-refractivity contribution in [2.75, 3.05) is 27.9 Å². The van der Waals surface area contributed by atoms with E-state index in [1.807, 2.05) is 48.5 Å². The zero-order chi connectivity index (χ0) is 19.9. The number of nitrogens with one attached hydrogen (secondary N) is 1. The number of ether oxygens (including phenoxy) is 4. The fourth-order valence-corrected chi connectivity index (χ4v) is 2.95. The summed E-state index contributed by atoms with van der Waals surface area (Å²) in [7, 11) is 4.65. The summed E-state index contributed by atoms with van der Waals surface area (Å²) >= 11 is 0. The minimum Gasteiger partial charge on any atom is -0.493 e. The van der Waals surface area contributed by atoms with Gasteiger partial charge in [0.25, 0.3) is 5.91 Å². The molecule has 3 aromatic carbocycles. The summed E-state index contributed by atoms with van der Waals surface area (Å²) in [6.45, 7) is 0.206. The van der Waals surface area contributed by atoms with Gasteiger partial charge in [0.2, 0.25) is 5.75 Å². The van der Waals surface area contributed by atoms with Crippen LogP contribution < -0.4 is 24.3 Å². The smallest absolute Gasteiger partial charge is 0.258 e. The summed E-state index contributed by atoms with van der Waals surface area (Å²) in [5, 5.41) is 5.02. The van der Waals surface area contributed by atoms with E-state index >= 15 is 0 Å². The van der Waals surface area contributed by atoms with Gasteiger partial charge in [-0.25, -0.2) is 0 Å². The number of methoxy groups -OCH3 is 3. The van der Waals surface area contributed by atoms with Crippen LogP contribution in [0.1, 0.15) is 5.56 Å². The van der Waals surface area contributed by atoms with E-state index in [1.165, 1.54) is 0 Å². The molecule has 0 heterocycles. The first kappa shape index (κ1) is 19.4. The van der Waals surface area contributed by atoms with Gasteiger partial charge in [0.1, 0.15) is 5.75 Å². The molecule has 6 heteroatoms. The Morgan fingerprint density at radius 1 is 0.857 bits per heavy atom. The Kier molecular flexibility index (Phi) is 6.22. The summed E-state index contributed by atoms with van der Waals surface area (Å²) < 4.78 is 21.7. The zero-order valence-corrected chi connectivity index (χ0v) is 16.2. The molecular formula is C22H23NO5. The maximum atomic E-state index is 12.2. The number of benzene rings is 3. The van der Waals surface area contributed by atoms with Crippen LogP contribution in [0, 0.1) is 0 Å². The average Bonchev–Trinajstić information content (AvgIpc) is 2.75. The molecule has 0 unspecified atom stereocenters. The van der Waals surface area contributed by atoms with Crippen molar-refractivity contribution in [1.82, 2.24) is 5.32 Å². The fraction of sp³-hybridized carbons (Fsp3) is 0.227. The fourth-order valence-electron chi connectivity index (χ4n) is 2.95. The largest absolute Gasteiger partial charge is 0.493 e. The third-order valence-electron chi connectivity index (χ3n) is 4.35. The summed E-state index contributed by atoms with van der Waals surface area (Å²) in [6, 6.07) is 17.3. The van der Waals surface area contributed by atoms with E-state index in [2.05, 4.69) is 5.32 Å². The van der Waals surface area contributed by atoms with Crippen molar-refractivity contribution in [3.05, 3.63) is 60.2 Å². The van der Waals surface area contributed by atoms with Gasteiger partial charge in [-0.1, -0.05) is 30.3 Å². The number of hydrogen-bond acceptors (Lipinski definition) is 5. The molecule has 3 aromatic rings. The lowest BCUT2D eigenvalue weighted by molar-refractivity contribution is -0.123. The molecular weight excluding hydrogens is 358 g/mol. The van der Waals surface area contributed by atoms with Crippen LogP contribution in [0.15, 0.2) is 54.6 Å². The van der Waals surface area contributed by atoms with Crippen LogP contribution in [0.4, 0.5) is 0 Å². The molecule has 0 aliphatic heterocycles. The average molecular weight is 381 g/mol. The maximum absolute atomic E-state index is 12.2. The standard InChI is InChI=1S/C22H23NO5/c1-25-19-11-9-17(21(26-2)22(19)27-3)13-23-20(24)14-28-18-10-8-15-6-4-5-7-16(15)12-18/h4-12H,13-14H2,1-3H3,(H,23,24). The lowest BCUT2D eigenvalue weighted by Crippen LogP contribution is -2.28. The lowest BCUT2D eigenvalue weighted by atomic mass is 10.1. The van der Waals surface area contributed by atoms with E-state index in [0.717, 1.165) is 16.3 Å². The molecule has 6 nitrogen and oxygen atoms in total. The molecule has 0 fully saturated rings. The van der Waals surface area contributed by atoms with Crippen molar-refractivity contribution in [2.45, 2.75) is 6.54 Å². The molecule has 1 N–H and O–H groups in total. The van der Waals surface area contributed by atoms with E-state index in [0.29, 0.717) is 23.0 Å². The van der Waals surface area contributed by atoms with Crippen molar-refractivity contribution in [3.63, 3.8) is 0 Å². The second-order valence-corrected chi connectivity index (χ2v) is 6.07. The molecule has 0 radical (unpaired) electrons. The molecule has 0 aromatic heterocycles. The first-order chi connectivity index (χ1) is 13.7. The second kappa shape index (κ2) is 8.99. The van der Waals surface area contributed by atoms with E-state index < -0.39 is 0 Å². The summed E-state index contributed by atoms with van der Waals surface area (Å²) in [5.41, 5.74) is 0.777. The summed E-state index contributed by atoms with van der Waals surface area (Å²) in [5.74, 6) is 2.00. The van der Waals surface area contributed by atoms with Gasteiger partial charge in [0.15, 0.2) is 18.1 Å². The Hall–Kier alpha value is -3.41. The minimum absolute atomic E-state index is 0.0755. The summed E-state index contributed by atoms with van der Waals surface area (Å²) in [4.78, 5) is 12.2. The van der Waals surface area contributed by atoms with Crippen LogP contribution in [0.5, 0.6) is 23.0 Å². The topological polar surface area (TPSA) is 66.0 Å². The van der Waals surface area contributed by atoms with Gasteiger partial charge in [-0.2, -0.15) is 0 Å². The molecule has 1 amide bonds. The van der Waals surface area contributed by atoms with Crippen LogP contribution in [-0.4, -0.2) is 33.8 Å². The Labute approximate surface area is 164 Å². The van der Waals surface area contributed by atoms with Gasteiger partial charge in [-0.3, -0.25) is 4.79 Å². The molecule has 3 rings (SSSR count). The van der Waals surface area contributed by atoms with Crippen LogP contribution in [0.25, 0.3) is 10.8 Å². The first-order valence-corrected chi connectivity index (χ1v) is 8.82. The third kappa shape index (κ3) is 4.28. The number of carbonyl (C=O) groups is 1. The number of carbonyl (C=O) groups excluding carboxylic acids is 1. The third-order valence-corrected chi connectivity index (χ3v) is 4.35. The monoisotopic (exact) mass is 381 g/mol. The van der Waals surface area contributed by atoms with Crippen molar-refractivity contribution < 1.29 is 23.7 Å². The van der Waals surface area contributed by atoms with Crippen molar-refractivity contribution >= 4 is 16.7 Å². The SMILES string of the molecule is COc1ccc(CNC(=O)COc2ccc3ccccc3c2)c(OC)c1OC. The van der Waals surface area contributed by atoms with Gasteiger partial charge in [-0.05, 0) is 35.0 Å². The quantitative estimate of drug-likeness (QED) is 0.646.